The zero-order valence-corrected chi connectivity index (χ0v) is 14.0. The van der Waals surface area contributed by atoms with E-state index in [4.69, 9.17) is 0 Å². The third kappa shape index (κ3) is 5.72. The Morgan fingerprint density at radius 1 is 1.04 bits per heavy atom. The van der Waals surface area contributed by atoms with E-state index in [1.807, 2.05) is 49.4 Å². The summed E-state index contributed by atoms with van der Waals surface area (Å²) in [5, 5.41) is 2.91. The Kier molecular flexibility index (Phi) is 6.12. The number of nitrogens with zero attached hydrogens (tertiary/aromatic N) is 1. The van der Waals surface area contributed by atoms with Crippen molar-refractivity contribution in [2.45, 2.75) is 13.3 Å². The summed E-state index contributed by atoms with van der Waals surface area (Å²) in [6.45, 7) is 2.96. The van der Waals surface area contributed by atoms with Crippen LogP contribution in [0.25, 0.3) is 5.57 Å². The van der Waals surface area contributed by atoms with Crippen LogP contribution in [-0.2, 0) is 11.2 Å². The SMILES string of the molecule is C/C(=C/C(=O)Nc1ccc(CCN(C)C)cc1)c1ccccc1. The zero-order valence-electron chi connectivity index (χ0n) is 14.0. The lowest BCUT2D eigenvalue weighted by atomic mass is 10.1. The summed E-state index contributed by atoms with van der Waals surface area (Å²) >= 11 is 0. The van der Waals surface area contributed by atoms with E-state index in [0.717, 1.165) is 29.8 Å². The predicted molar refractivity (Wildman–Crippen MR) is 97.4 cm³/mol. The van der Waals surface area contributed by atoms with Crippen molar-refractivity contribution in [3.63, 3.8) is 0 Å². The lowest BCUT2D eigenvalue weighted by molar-refractivity contribution is -0.111. The number of hydrogen-bond donors (Lipinski definition) is 1. The first-order valence-corrected chi connectivity index (χ1v) is 7.83. The smallest absolute Gasteiger partial charge is 0.248 e. The molecule has 0 unspecified atom stereocenters. The molecule has 0 fully saturated rings. The van der Waals surface area contributed by atoms with Crippen molar-refractivity contribution in [3.8, 4) is 0 Å². The van der Waals surface area contributed by atoms with Gasteiger partial charge in [-0.15, -0.1) is 0 Å². The predicted octanol–water partition coefficient (Wildman–Crippen LogP) is 3.83. The summed E-state index contributed by atoms with van der Waals surface area (Å²) in [5.41, 5.74) is 4.10. The zero-order chi connectivity index (χ0) is 16.7. The van der Waals surface area contributed by atoms with Crippen molar-refractivity contribution < 1.29 is 4.79 Å². The molecule has 1 amide bonds. The molecule has 1 N–H and O–H groups in total. The molecule has 0 aromatic heterocycles. The van der Waals surface area contributed by atoms with Gasteiger partial charge in [-0.2, -0.15) is 0 Å². The molecule has 0 aliphatic carbocycles. The first kappa shape index (κ1) is 17.0. The Hall–Kier alpha value is -2.39. The van der Waals surface area contributed by atoms with Gasteiger partial charge in [-0.3, -0.25) is 4.79 Å². The summed E-state index contributed by atoms with van der Waals surface area (Å²) < 4.78 is 0. The van der Waals surface area contributed by atoms with Gasteiger partial charge in [-0.1, -0.05) is 42.5 Å². The summed E-state index contributed by atoms with van der Waals surface area (Å²) in [6, 6.07) is 17.9. The molecule has 2 aromatic carbocycles. The highest BCUT2D eigenvalue weighted by Gasteiger charge is 2.02. The molecule has 0 aliphatic rings. The topological polar surface area (TPSA) is 32.3 Å². The van der Waals surface area contributed by atoms with Crippen molar-refractivity contribution in [2.75, 3.05) is 26.0 Å². The molecule has 23 heavy (non-hydrogen) atoms. The van der Waals surface area contributed by atoms with Crippen LogP contribution in [0.15, 0.2) is 60.7 Å². The highest BCUT2D eigenvalue weighted by atomic mass is 16.1. The molecular formula is C20H24N2O. The minimum Gasteiger partial charge on any atom is -0.323 e. The third-order valence-corrected chi connectivity index (χ3v) is 3.65. The number of likely N-dealkylation sites (N-methyl/N-ethyl adjacent to an activating group) is 1. The van der Waals surface area contributed by atoms with Crippen molar-refractivity contribution >= 4 is 17.2 Å². The van der Waals surface area contributed by atoms with Gasteiger partial charge in [0.05, 0.1) is 0 Å². The normalized spacial score (nSPS) is 11.6. The molecule has 0 heterocycles. The molecule has 3 heteroatoms. The summed E-state index contributed by atoms with van der Waals surface area (Å²) in [6.07, 6.45) is 2.64. The number of carbonyl (C=O) groups is 1. The quantitative estimate of drug-likeness (QED) is 0.823. The molecule has 0 atom stereocenters. The van der Waals surface area contributed by atoms with Gasteiger partial charge in [0.1, 0.15) is 0 Å². The van der Waals surface area contributed by atoms with E-state index in [1.165, 1.54) is 5.56 Å². The maximum Gasteiger partial charge on any atom is 0.248 e. The Morgan fingerprint density at radius 3 is 2.30 bits per heavy atom. The van der Waals surface area contributed by atoms with Crippen LogP contribution in [0.1, 0.15) is 18.1 Å². The maximum atomic E-state index is 12.1. The van der Waals surface area contributed by atoms with Gasteiger partial charge >= 0.3 is 0 Å². The first-order chi connectivity index (χ1) is 11.0. The highest BCUT2D eigenvalue weighted by molar-refractivity contribution is 6.03. The van der Waals surface area contributed by atoms with Crippen LogP contribution in [0, 0.1) is 0 Å². The van der Waals surface area contributed by atoms with Crippen LogP contribution in [0.5, 0.6) is 0 Å². The molecule has 2 rings (SSSR count). The van der Waals surface area contributed by atoms with E-state index in [9.17, 15) is 4.79 Å². The standard InChI is InChI=1S/C20H24N2O/c1-16(18-7-5-4-6-8-18)15-20(23)21-19-11-9-17(10-12-19)13-14-22(2)3/h4-12,15H,13-14H2,1-3H3,(H,21,23)/b16-15-. The van der Waals surface area contributed by atoms with Crippen LogP contribution in [0.3, 0.4) is 0 Å². The molecule has 120 valence electrons. The molecule has 2 aromatic rings. The molecule has 0 saturated heterocycles. The fourth-order valence-corrected chi connectivity index (χ4v) is 2.27. The largest absolute Gasteiger partial charge is 0.323 e. The number of anilines is 1. The van der Waals surface area contributed by atoms with E-state index in [1.54, 1.807) is 6.08 Å². The van der Waals surface area contributed by atoms with Gasteiger partial charge in [0, 0.05) is 18.3 Å². The van der Waals surface area contributed by atoms with Crippen molar-refractivity contribution in [2.24, 2.45) is 0 Å². The Labute approximate surface area is 138 Å². The van der Waals surface area contributed by atoms with Crippen LogP contribution < -0.4 is 5.32 Å². The molecule has 0 spiro atoms. The monoisotopic (exact) mass is 308 g/mol. The van der Waals surface area contributed by atoms with Crippen LogP contribution in [-0.4, -0.2) is 31.4 Å². The molecular weight excluding hydrogens is 284 g/mol. The number of amides is 1. The van der Waals surface area contributed by atoms with Gasteiger partial charge < -0.3 is 10.2 Å². The summed E-state index contributed by atoms with van der Waals surface area (Å²) in [7, 11) is 4.13. The van der Waals surface area contributed by atoms with Gasteiger partial charge in [-0.25, -0.2) is 0 Å². The van der Waals surface area contributed by atoms with Crippen LogP contribution >= 0.6 is 0 Å². The molecule has 3 nitrogen and oxygen atoms in total. The second-order valence-electron chi connectivity index (χ2n) is 5.93. The number of hydrogen-bond acceptors (Lipinski definition) is 2. The van der Waals surface area contributed by atoms with Gasteiger partial charge in [0.15, 0.2) is 0 Å². The van der Waals surface area contributed by atoms with Gasteiger partial charge in [0.2, 0.25) is 5.91 Å². The van der Waals surface area contributed by atoms with Crippen LogP contribution in [0.2, 0.25) is 0 Å². The highest BCUT2D eigenvalue weighted by Crippen LogP contribution is 2.14. The van der Waals surface area contributed by atoms with E-state index in [0.29, 0.717) is 0 Å². The van der Waals surface area contributed by atoms with Crippen LogP contribution in [0.4, 0.5) is 5.69 Å². The number of allylic oxidation sites excluding steroid dienone is 1. The Morgan fingerprint density at radius 2 is 1.70 bits per heavy atom. The van der Waals surface area contributed by atoms with Gasteiger partial charge in [0.25, 0.3) is 0 Å². The van der Waals surface area contributed by atoms with Gasteiger partial charge in [-0.05, 0) is 56.3 Å². The second-order valence-corrected chi connectivity index (χ2v) is 5.93. The average Bonchev–Trinajstić information content (AvgIpc) is 2.55. The number of rotatable bonds is 6. The first-order valence-electron chi connectivity index (χ1n) is 7.83. The molecule has 0 radical (unpaired) electrons. The fraction of sp³-hybridized carbons (Fsp3) is 0.250. The number of nitrogens with one attached hydrogen (secondary N) is 1. The number of carbonyl (C=O) groups excluding carboxylic acids is 1. The lowest BCUT2D eigenvalue weighted by Gasteiger charge is -2.10. The molecule has 0 aliphatic heterocycles. The molecule has 0 saturated carbocycles. The minimum absolute atomic E-state index is 0.104. The van der Waals surface area contributed by atoms with Crippen molar-refractivity contribution in [3.05, 3.63) is 71.8 Å². The second kappa shape index (κ2) is 8.30. The minimum atomic E-state index is -0.104. The van der Waals surface area contributed by atoms with Crippen molar-refractivity contribution in [1.82, 2.24) is 4.90 Å². The third-order valence-electron chi connectivity index (χ3n) is 3.65. The summed E-state index contributed by atoms with van der Waals surface area (Å²) in [5.74, 6) is -0.104. The van der Waals surface area contributed by atoms with Crippen molar-refractivity contribution in [1.29, 1.82) is 0 Å². The Bertz CT molecular complexity index is 658. The summed E-state index contributed by atoms with van der Waals surface area (Å²) in [4.78, 5) is 14.3. The molecule has 0 bridgehead atoms. The number of benzene rings is 2. The Balaban J connectivity index is 1.95. The average molecular weight is 308 g/mol. The van der Waals surface area contributed by atoms with E-state index < -0.39 is 0 Å². The fourth-order valence-electron chi connectivity index (χ4n) is 2.27. The van der Waals surface area contributed by atoms with E-state index in [-0.39, 0.29) is 5.91 Å². The van der Waals surface area contributed by atoms with E-state index in [2.05, 4.69) is 36.4 Å². The maximum absolute atomic E-state index is 12.1. The lowest BCUT2D eigenvalue weighted by Crippen LogP contribution is -2.15. The van der Waals surface area contributed by atoms with E-state index >= 15 is 0 Å².